The third kappa shape index (κ3) is 6.12. The molecule has 0 saturated heterocycles. The molecule has 4 heteroatoms. The minimum atomic E-state index is -0.223. The Morgan fingerprint density at radius 3 is 2.52 bits per heavy atom. The molecule has 0 amide bonds. The Hall–Kier alpha value is -0.970. The molecular formula is C17H29FN2O. The number of nitrogens with zero attached hydrogens (tertiary/aromatic N) is 1. The van der Waals surface area contributed by atoms with E-state index >= 15 is 0 Å². The molecule has 1 rings (SSSR count). The van der Waals surface area contributed by atoms with Gasteiger partial charge in [0, 0.05) is 32.3 Å². The van der Waals surface area contributed by atoms with E-state index in [4.69, 9.17) is 10.5 Å². The van der Waals surface area contributed by atoms with Crippen LogP contribution in [0.2, 0.25) is 0 Å². The molecule has 0 aliphatic carbocycles. The Bertz CT molecular complexity index is 396. The lowest BCUT2D eigenvalue weighted by atomic mass is 10.0. The van der Waals surface area contributed by atoms with Gasteiger partial charge in [-0.15, -0.1) is 0 Å². The summed E-state index contributed by atoms with van der Waals surface area (Å²) in [6, 6.07) is 7.02. The van der Waals surface area contributed by atoms with Gasteiger partial charge >= 0.3 is 0 Å². The van der Waals surface area contributed by atoms with Crippen molar-refractivity contribution in [3.8, 4) is 0 Å². The molecule has 0 aliphatic heterocycles. The van der Waals surface area contributed by atoms with E-state index in [1.165, 1.54) is 12.1 Å². The van der Waals surface area contributed by atoms with E-state index in [0.717, 1.165) is 44.5 Å². The first-order valence-corrected chi connectivity index (χ1v) is 7.86. The number of benzene rings is 1. The van der Waals surface area contributed by atoms with Crippen molar-refractivity contribution in [1.29, 1.82) is 0 Å². The van der Waals surface area contributed by atoms with Gasteiger partial charge in [0.25, 0.3) is 0 Å². The molecule has 3 nitrogen and oxygen atoms in total. The topological polar surface area (TPSA) is 38.5 Å². The summed E-state index contributed by atoms with van der Waals surface area (Å²) < 4.78 is 18.4. The Morgan fingerprint density at radius 1 is 1.24 bits per heavy atom. The molecule has 0 saturated carbocycles. The first kappa shape index (κ1) is 18.1. The fraction of sp³-hybridized carbons (Fsp3) is 0.647. The van der Waals surface area contributed by atoms with Crippen molar-refractivity contribution < 1.29 is 9.13 Å². The standard InChI is InChI=1S/C17H29FN2O/c1-4-16(5-2)20(11-12-21-3)10-9-17(19)14-7-6-8-15(18)13-14/h6-8,13,16-17H,4-5,9-12,19H2,1-3H3. The smallest absolute Gasteiger partial charge is 0.123 e. The highest BCUT2D eigenvalue weighted by molar-refractivity contribution is 5.19. The molecular weight excluding hydrogens is 267 g/mol. The molecule has 1 aromatic rings. The van der Waals surface area contributed by atoms with Crippen LogP contribution in [0.4, 0.5) is 4.39 Å². The van der Waals surface area contributed by atoms with Crippen molar-refractivity contribution >= 4 is 0 Å². The average Bonchev–Trinajstić information content (AvgIpc) is 2.50. The van der Waals surface area contributed by atoms with Gasteiger partial charge in [-0.2, -0.15) is 0 Å². The highest BCUT2D eigenvalue weighted by Gasteiger charge is 2.16. The Balaban J connectivity index is 2.58. The second-order valence-electron chi connectivity index (χ2n) is 5.45. The summed E-state index contributed by atoms with van der Waals surface area (Å²) in [5.41, 5.74) is 7.07. The molecule has 0 aliphatic rings. The highest BCUT2D eigenvalue weighted by Crippen LogP contribution is 2.17. The minimum Gasteiger partial charge on any atom is -0.383 e. The van der Waals surface area contributed by atoms with Crippen molar-refractivity contribution in [3.63, 3.8) is 0 Å². The lowest BCUT2D eigenvalue weighted by Crippen LogP contribution is -2.38. The zero-order valence-corrected chi connectivity index (χ0v) is 13.5. The summed E-state index contributed by atoms with van der Waals surface area (Å²) in [5, 5.41) is 0. The second kappa shape index (κ2) is 9.87. The van der Waals surface area contributed by atoms with E-state index in [1.54, 1.807) is 13.2 Å². The van der Waals surface area contributed by atoms with Gasteiger partial charge in [-0.25, -0.2) is 4.39 Å². The first-order chi connectivity index (χ1) is 10.1. The van der Waals surface area contributed by atoms with Crippen molar-refractivity contribution in [2.75, 3.05) is 26.8 Å². The Kier molecular flexibility index (Phi) is 8.50. The maximum Gasteiger partial charge on any atom is 0.123 e. The summed E-state index contributed by atoms with van der Waals surface area (Å²) >= 11 is 0. The molecule has 0 fully saturated rings. The normalized spacial score (nSPS) is 13.1. The van der Waals surface area contributed by atoms with Crippen LogP contribution >= 0.6 is 0 Å². The van der Waals surface area contributed by atoms with E-state index in [-0.39, 0.29) is 11.9 Å². The Morgan fingerprint density at radius 2 is 1.95 bits per heavy atom. The number of hydrogen-bond acceptors (Lipinski definition) is 3. The number of hydrogen-bond donors (Lipinski definition) is 1. The quantitative estimate of drug-likeness (QED) is 0.719. The van der Waals surface area contributed by atoms with Gasteiger partial charge in [0.05, 0.1) is 6.61 Å². The minimum absolute atomic E-state index is 0.125. The van der Waals surface area contributed by atoms with Crippen molar-refractivity contribution in [2.45, 2.75) is 45.2 Å². The summed E-state index contributed by atoms with van der Waals surface area (Å²) in [6.45, 7) is 6.97. The van der Waals surface area contributed by atoms with Crippen LogP contribution < -0.4 is 5.73 Å². The summed E-state index contributed by atoms with van der Waals surface area (Å²) in [6.07, 6.45) is 3.06. The number of nitrogens with two attached hydrogens (primary N) is 1. The number of ether oxygens (including phenoxy) is 1. The Labute approximate surface area is 128 Å². The molecule has 0 radical (unpaired) electrons. The SMILES string of the molecule is CCC(CC)N(CCOC)CCC(N)c1cccc(F)c1. The maximum absolute atomic E-state index is 13.2. The van der Waals surface area contributed by atoms with Crippen LogP contribution in [0.5, 0.6) is 0 Å². The van der Waals surface area contributed by atoms with Crippen LogP contribution in [0.25, 0.3) is 0 Å². The van der Waals surface area contributed by atoms with Crippen LogP contribution in [0.1, 0.15) is 44.7 Å². The van der Waals surface area contributed by atoms with E-state index < -0.39 is 0 Å². The van der Waals surface area contributed by atoms with E-state index in [1.807, 2.05) is 6.07 Å². The van der Waals surface area contributed by atoms with Crippen LogP contribution in [0, 0.1) is 5.82 Å². The lowest BCUT2D eigenvalue weighted by Gasteiger charge is -2.31. The third-order valence-corrected chi connectivity index (χ3v) is 4.05. The molecule has 1 aromatic carbocycles. The van der Waals surface area contributed by atoms with Crippen molar-refractivity contribution in [3.05, 3.63) is 35.6 Å². The van der Waals surface area contributed by atoms with E-state index in [2.05, 4.69) is 18.7 Å². The van der Waals surface area contributed by atoms with Crippen LogP contribution in [0.15, 0.2) is 24.3 Å². The fourth-order valence-electron chi connectivity index (χ4n) is 2.70. The molecule has 0 spiro atoms. The fourth-order valence-corrected chi connectivity index (χ4v) is 2.70. The predicted octanol–water partition coefficient (Wildman–Crippen LogP) is 3.35. The summed E-state index contributed by atoms with van der Waals surface area (Å²) in [5.74, 6) is -0.223. The van der Waals surface area contributed by atoms with Crippen molar-refractivity contribution in [1.82, 2.24) is 4.90 Å². The summed E-state index contributed by atoms with van der Waals surface area (Å²) in [4.78, 5) is 2.43. The van der Waals surface area contributed by atoms with E-state index in [9.17, 15) is 4.39 Å². The molecule has 21 heavy (non-hydrogen) atoms. The molecule has 0 aromatic heterocycles. The van der Waals surface area contributed by atoms with Crippen molar-refractivity contribution in [2.24, 2.45) is 5.73 Å². The third-order valence-electron chi connectivity index (χ3n) is 4.05. The average molecular weight is 296 g/mol. The predicted molar refractivity (Wildman–Crippen MR) is 85.8 cm³/mol. The van der Waals surface area contributed by atoms with Crippen LogP contribution in [-0.4, -0.2) is 37.7 Å². The first-order valence-electron chi connectivity index (χ1n) is 7.86. The van der Waals surface area contributed by atoms with Gasteiger partial charge in [0.2, 0.25) is 0 Å². The zero-order valence-electron chi connectivity index (χ0n) is 13.5. The monoisotopic (exact) mass is 296 g/mol. The van der Waals surface area contributed by atoms with Gasteiger partial charge in [0.15, 0.2) is 0 Å². The van der Waals surface area contributed by atoms with Crippen LogP contribution in [0.3, 0.4) is 0 Å². The number of rotatable bonds is 10. The lowest BCUT2D eigenvalue weighted by molar-refractivity contribution is 0.112. The molecule has 0 bridgehead atoms. The largest absolute Gasteiger partial charge is 0.383 e. The second-order valence-corrected chi connectivity index (χ2v) is 5.45. The number of methoxy groups -OCH3 is 1. The highest BCUT2D eigenvalue weighted by atomic mass is 19.1. The molecule has 0 heterocycles. The number of halogens is 1. The van der Waals surface area contributed by atoms with Gasteiger partial charge < -0.3 is 10.5 Å². The zero-order chi connectivity index (χ0) is 15.7. The van der Waals surface area contributed by atoms with Gasteiger partial charge in [-0.1, -0.05) is 26.0 Å². The van der Waals surface area contributed by atoms with E-state index in [0.29, 0.717) is 6.04 Å². The molecule has 2 N–H and O–H groups in total. The molecule has 1 atom stereocenters. The van der Waals surface area contributed by atoms with Crippen LogP contribution in [-0.2, 0) is 4.74 Å². The van der Waals surface area contributed by atoms with Gasteiger partial charge in [-0.3, -0.25) is 4.90 Å². The molecule has 1 unspecified atom stereocenters. The van der Waals surface area contributed by atoms with Gasteiger partial charge in [0.1, 0.15) is 5.82 Å². The maximum atomic E-state index is 13.2. The summed E-state index contributed by atoms with van der Waals surface area (Å²) in [7, 11) is 1.73. The molecule has 120 valence electrons. The van der Waals surface area contributed by atoms with Gasteiger partial charge in [-0.05, 0) is 37.0 Å².